The Balaban J connectivity index is 1.91. The lowest BCUT2D eigenvalue weighted by Gasteiger charge is -2.14. The summed E-state index contributed by atoms with van der Waals surface area (Å²) in [7, 11) is -3.58. The van der Waals surface area contributed by atoms with Crippen molar-refractivity contribution in [3.05, 3.63) is 78.4 Å². The van der Waals surface area contributed by atoms with Crippen LogP contribution in [0.5, 0.6) is 0 Å². The third kappa shape index (κ3) is 5.82. The van der Waals surface area contributed by atoms with Gasteiger partial charge in [-0.05, 0) is 49.6 Å². The molecule has 2 N–H and O–H groups in total. The number of hydrogen-bond acceptors (Lipinski definition) is 3. The molecule has 5 nitrogen and oxygen atoms in total. The number of benzene rings is 2. The van der Waals surface area contributed by atoms with E-state index in [4.69, 9.17) is 0 Å². The molecule has 138 valence electrons. The SMILES string of the molecule is C=CCNS(=O)(=O)c1ccc(C(=O)NC(C)CCc2ccccc2)cc1. The van der Waals surface area contributed by atoms with Crippen LogP contribution in [-0.4, -0.2) is 26.9 Å². The molecule has 0 radical (unpaired) electrons. The van der Waals surface area contributed by atoms with Crippen molar-refractivity contribution < 1.29 is 13.2 Å². The Labute approximate surface area is 155 Å². The lowest BCUT2D eigenvalue weighted by Crippen LogP contribution is -2.33. The van der Waals surface area contributed by atoms with E-state index in [-0.39, 0.29) is 23.4 Å². The fourth-order valence-electron chi connectivity index (χ4n) is 2.44. The summed E-state index contributed by atoms with van der Waals surface area (Å²) in [6, 6.07) is 16.0. The number of amides is 1. The van der Waals surface area contributed by atoms with Gasteiger partial charge < -0.3 is 5.32 Å². The normalized spacial score (nSPS) is 12.3. The Morgan fingerprint density at radius 1 is 1.12 bits per heavy atom. The van der Waals surface area contributed by atoms with E-state index in [9.17, 15) is 13.2 Å². The monoisotopic (exact) mass is 372 g/mol. The summed E-state index contributed by atoms with van der Waals surface area (Å²) in [5.74, 6) is -0.214. The first kappa shape index (κ1) is 19.9. The van der Waals surface area contributed by atoms with E-state index >= 15 is 0 Å². The predicted molar refractivity (Wildman–Crippen MR) is 104 cm³/mol. The van der Waals surface area contributed by atoms with Crippen molar-refractivity contribution in [3.8, 4) is 0 Å². The van der Waals surface area contributed by atoms with Crippen molar-refractivity contribution in [2.75, 3.05) is 6.54 Å². The zero-order valence-corrected chi connectivity index (χ0v) is 15.6. The van der Waals surface area contributed by atoms with E-state index in [1.165, 1.54) is 35.9 Å². The second-order valence-electron chi connectivity index (χ2n) is 6.06. The van der Waals surface area contributed by atoms with Gasteiger partial charge in [-0.3, -0.25) is 4.79 Å². The smallest absolute Gasteiger partial charge is 0.251 e. The number of carbonyl (C=O) groups excluding carboxylic acids is 1. The van der Waals surface area contributed by atoms with Crippen molar-refractivity contribution in [2.24, 2.45) is 0 Å². The molecule has 1 amide bonds. The number of nitrogens with one attached hydrogen (secondary N) is 2. The van der Waals surface area contributed by atoms with Gasteiger partial charge in [0.2, 0.25) is 10.0 Å². The van der Waals surface area contributed by atoms with Crippen LogP contribution in [0.25, 0.3) is 0 Å². The fraction of sp³-hybridized carbons (Fsp3) is 0.250. The van der Waals surface area contributed by atoms with E-state index in [1.54, 1.807) is 0 Å². The summed E-state index contributed by atoms with van der Waals surface area (Å²) in [6.07, 6.45) is 3.18. The van der Waals surface area contributed by atoms with Crippen molar-refractivity contribution in [1.29, 1.82) is 0 Å². The topological polar surface area (TPSA) is 75.3 Å². The first-order valence-electron chi connectivity index (χ1n) is 8.48. The average molecular weight is 372 g/mol. The second kappa shape index (κ2) is 9.31. The molecular formula is C20H24N2O3S. The number of carbonyl (C=O) groups is 1. The van der Waals surface area contributed by atoms with Gasteiger partial charge in [-0.2, -0.15) is 0 Å². The molecule has 26 heavy (non-hydrogen) atoms. The van der Waals surface area contributed by atoms with Crippen LogP contribution >= 0.6 is 0 Å². The molecule has 0 fully saturated rings. The molecule has 2 aromatic rings. The van der Waals surface area contributed by atoms with E-state index in [0.717, 1.165) is 12.8 Å². The van der Waals surface area contributed by atoms with Gasteiger partial charge in [0.15, 0.2) is 0 Å². The Hall–Kier alpha value is -2.44. The van der Waals surface area contributed by atoms with Crippen molar-refractivity contribution in [2.45, 2.75) is 30.7 Å². The van der Waals surface area contributed by atoms with Gasteiger partial charge in [-0.15, -0.1) is 6.58 Å². The highest BCUT2D eigenvalue weighted by Crippen LogP contribution is 2.11. The molecule has 0 aliphatic rings. The number of rotatable bonds is 9. The van der Waals surface area contributed by atoms with Crippen LogP contribution in [0.4, 0.5) is 0 Å². The molecule has 0 aliphatic carbocycles. The summed E-state index contributed by atoms with van der Waals surface area (Å²) >= 11 is 0. The van der Waals surface area contributed by atoms with Crippen LogP contribution in [0.1, 0.15) is 29.3 Å². The number of aryl methyl sites for hydroxylation is 1. The van der Waals surface area contributed by atoms with Gasteiger partial charge in [0, 0.05) is 18.2 Å². The lowest BCUT2D eigenvalue weighted by atomic mass is 10.1. The molecule has 0 saturated heterocycles. The molecule has 0 saturated carbocycles. The van der Waals surface area contributed by atoms with E-state index in [0.29, 0.717) is 5.56 Å². The third-order valence-corrected chi connectivity index (χ3v) is 5.37. The van der Waals surface area contributed by atoms with E-state index in [2.05, 4.69) is 28.8 Å². The average Bonchev–Trinajstić information content (AvgIpc) is 2.65. The van der Waals surface area contributed by atoms with Gasteiger partial charge in [0.05, 0.1) is 4.90 Å². The Kier molecular flexibility index (Phi) is 7.12. The van der Waals surface area contributed by atoms with Gasteiger partial charge in [0.1, 0.15) is 0 Å². The highest BCUT2D eigenvalue weighted by Gasteiger charge is 2.15. The molecule has 0 bridgehead atoms. The van der Waals surface area contributed by atoms with E-state index < -0.39 is 10.0 Å². The van der Waals surface area contributed by atoms with Gasteiger partial charge in [-0.25, -0.2) is 13.1 Å². The molecule has 0 aromatic heterocycles. The van der Waals surface area contributed by atoms with Crippen LogP contribution < -0.4 is 10.0 Å². The molecule has 0 heterocycles. The molecule has 0 aliphatic heterocycles. The largest absolute Gasteiger partial charge is 0.350 e. The molecule has 6 heteroatoms. The van der Waals surface area contributed by atoms with Crippen molar-refractivity contribution in [3.63, 3.8) is 0 Å². The maximum absolute atomic E-state index is 12.3. The summed E-state index contributed by atoms with van der Waals surface area (Å²) in [6.45, 7) is 5.59. The zero-order chi connectivity index (χ0) is 19.0. The summed E-state index contributed by atoms with van der Waals surface area (Å²) < 4.78 is 26.4. The van der Waals surface area contributed by atoms with Crippen LogP contribution in [0, 0.1) is 0 Å². The van der Waals surface area contributed by atoms with E-state index in [1.807, 2.05) is 25.1 Å². The maximum Gasteiger partial charge on any atom is 0.251 e. The highest BCUT2D eigenvalue weighted by molar-refractivity contribution is 7.89. The predicted octanol–water partition coefficient (Wildman–Crippen LogP) is 2.90. The minimum absolute atomic E-state index is 0.0142. The van der Waals surface area contributed by atoms with Crippen LogP contribution in [-0.2, 0) is 16.4 Å². The summed E-state index contributed by atoms with van der Waals surface area (Å²) in [5, 5.41) is 2.94. The van der Waals surface area contributed by atoms with Gasteiger partial charge in [-0.1, -0.05) is 36.4 Å². The van der Waals surface area contributed by atoms with Gasteiger partial charge in [0.25, 0.3) is 5.91 Å². The second-order valence-corrected chi connectivity index (χ2v) is 7.83. The fourth-order valence-corrected chi connectivity index (χ4v) is 3.44. The number of sulfonamides is 1. The molecule has 2 aromatic carbocycles. The molecule has 2 rings (SSSR count). The van der Waals surface area contributed by atoms with Crippen molar-refractivity contribution in [1.82, 2.24) is 10.0 Å². The zero-order valence-electron chi connectivity index (χ0n) is 14.8. The Bertz CT molecular complexity index is 831. The van der Waals surface area contributed by atoms with Crippen LogP contribution in [0.15, 0.2) is 72.1 Å². The minimum atomic E-state index is -3.58. The minimum Gasteiger partial charge on any atom is -0.350 e. The highest BCUT2D eigenvalue weighted by atomic mass is 32.2. The summed E-state index contributed by atoms with van der Waals surface area (Å²) in [4.78, 5) is 12.4. The standard InChI is InChI=1S/C20H24N2O3S/c1-3-15-21-26(24,25)19-13-11-18(12-14-19)20(23)22-16(2)9-10-17-7-5-4-6-8-17/h3-8,11-14,16,21H,1,9-10,15H2,2H3,(H,22,23). The lowest BCUT2D eigenvalue weighted by molar-refractivity contribution is 0.0938. The molecule has 1 unspecified atom stereocenters. The first-order valence-corrected chi connectivity index (χ1v) is 9.96. The van der Waals surface area contributed by atoms with Gasteiger partial charge >= 0.3 is 0 Å². The van der Waals surface area contributed by atoms with Crippen LogP contribution in [0.3, 0.4) is 0 Å². The third-order valence-electron chi connectivity index (χ3n) is 3.93. The first-order chi connectivity index (χ1) is 12.4. The molecule has 1 atom stereocenters. The molecular weight excluding hydrogens is 348 g/mol. The number of hydrogen-bond donors (Lipinski definition) is 2. The van der Waals surface area contributed by atoms with Crippen LogP contribution in [0.2, 0.25) is 0 Å². The molecule has 0 spiro atoms. The maximum atomic E-state index is 12.3. The quantitative estimate of drug-likeness (QED) is 0.665. The Morgan fingerprint density at radius 3 is 2.38 bits per heavy atom. The summed E-state index contributed by atoms with van der Waals surface area (Å²) in [5.41, 5.74) is 1.66. The Morgan fingerprint density at radius 2 is 1.77 bits per heavy atom. The van der Waals surface area contributed by atoms with Crippen molar-refractivity contribution >= 4 is 15.9 Å².